The molecular weight excluding hydrogens is 319 g/mol. The largest absolute Gasteiger partial charge is 0.273 e. The second-order valence-corrected chi connectivity index (χ2v) is 4.59. The Morgan fingerprint density at radius 3 is 2.42 bits per heavy atom. The van der Waals surface area contributed by atoms with E-state index in [0.717, 1.165) is 11.6 Å². The molecule has 1 rings (SSSR count). The van der Waals surface area contributed by atoms with Crippen LogP contribution >= 0.6 is 0 Å². The Morgan fingerprint density at radius 2 is 1.83 bits per heavy atom. The number of amides is 1. The van der Waals surface area contributed by atoms with Gasteiger partial charge in [0.1, 0.15) is 5.82 Å². The van der Waals surface area contributed by atoms with Crippen molar-refractivity contribution >= 4 is 5.91 Å². The van der Waals surface area contributed by atoms with Gasteiger partial charge in [-0.1, -0.05) is 32.6 Å². The summed E-state index contributed by atoms with van der Waals surface area (Å²) in [6.45, 7) is 9.60. The Hall–Kier alpha value is -2.08. The Kier molecular flexibility index (Phi) is 11.3. The number of hydrogen-bond acceptors (Lipinski definition) is 2. The summed E-state index contributed by atoms with van der Waals surface area (Å²) in [7, 11) is 0. The van der Waals surface area contributed by atoms with E-state index in [1.807, 2.05) is 20.8 Å². The smallest absolute Gasteiger partial charge is 0.243 e. The number of hydroxylamine groups is 1. The molecule has 0 fully saturated rings. The molecule has 0 aliphatic carbocycles. The summed E-state index contributed by atoms with van der Waals surface area (Å²) in [5.41, 5.74) is 3.11. The van der Waals surface area contributed by atoms with Crippen molar-refractivity contribution in [3.63, 3.8) is 0 Å². The van der Waals surface area contributed by atoms with E-state index in [1.165, 1.54) is 0 Å². The summed E-state index contributed by atoms with van der Waals surface area (Å²) < 4.78 is 39.1. The highest BCUT2D eigenvalue weighted by atomic mass is 19.2. The molecule has 24 heavy (non-hydrogen) atoms. The first kappa shape index (κ1) is 21.9. The van der Waals surface area contributed by atoms with Gasteiger partial charge in [-0.3, -0.25) is 9.63 Å². The van der Waals surface area contributed by atoms with E-state index in [4.69, 9.17) is 4.84 Å². The number of rotatable bonds is 8. The van der Waals surface area contributed by atoms with Gasteiger partial charge in [-0.25, -0.2) is 18.7 Å². The lowest BCUT2D eigenvalue weighted by atomic mass is 10.1. The van der Waals surface area contributed by atoms with Crippen molar-refractivity contribution in [3.8, 4) is 0 Å². The van der Waals surface area contributed by atoms with Gasteiger partial charge in [0.15, 0.2) is 11.6 Å². The normalized spacial score (nSPS) is 10.7. The Morgan fingerprint density at radius 1 is 1.21 bits per heavy atom. The lowest BCUT2D eigenvalue weighted by molar-refractivity contribution is -0.132. The van der Waals surface area contributed by atoms with Crippen molar-refractivity contribution in [1.29, 1.82) is 0 Å². The van der Waals surface area contributed by atoms with Crippen molar-refractivity contribution in [2.24, 2.45) is 0 Å². The van der Waals surface area contributed by atoms with E-state index < -0.39 is 17.5 Å². The molecule has 6 heteroatoms. The van der Waals surface area contributed by atoms with Crippen LogP contribution in [0.1, 0.15) is 39.2 Å². The molecular formula is C18H24F3NO2. The predicted molar refractivity (Wildman–Crippen MR) is 88.7 cm³/mol. The molecule has 0 spiro atoms. The summed E-state index contributed by atoms with van der Waals surface area (Å²) in [6, 6.07) is 1.31. The van der Waals surface area contributed by atoms with Crippen LogP contribution in [-0.2, 0) is 16.1 Å². The topological polar surface area (TPSA) is 38.3 Å². The summed E-state index contributed by atoms with van der Waals surface area (Å²) in [5.74, 6) is -3.52. The lowest BCUT2D eigenvalue weighted by Crippen LogP contribution is -2.24. The molecule has 0 atom stereocenters. The third kappa shape index (κ3) is 7.97. The molecule has 1 amide bonds. The summed E-state index contributed by atoms with van der Waals surface area (Å²) in [6.07, 6.45) is 3.90. The number of halogens is 3. The lowest BCUT2D eigenvalue weighted by Gasteiger charge is -2.07. The second-order valence-electron chi connectivity index (χ2n) is 4.59. The van der Waals surface area contributed by atoms with Crippen molar-refractivity contribution < 1.29 is 22.8 Å². The summed E-state index contributed by atoms with van der Waals surface area (Å²) in [4.78, 5) is 16.5. The molecule has 0 heterocycles. The highest BCUT2D eigenvalue weighted by molar-refractivity contribution is 5.74. The maximum absolute atomic E-state index is 13.4. The SMILES string of the molecule is C=C/C(=C\C)CONC(=O)CCCc1cc(F)c(F)cc1F.CC. The highest BCUT2D eigenvalue weighted by Crippen LogP contribution is 2.15. The zero-order valence-corrected chi connectivity index (χ0v) is 14.3. The number of hydrogen-bond donors (Lipinski definition) is 1. The zero-order valence-electron chi connectivity index (χ0n) is 14.3. The standard InChI is InChI=1S/C16H18F3NO2.C2H6/c1-3-11(4-2)10-22-20-16(21)7-5-6-12-8-14(18)15(19)9-13(12)17;1-2/h3-4,8-9H,1,5-7,10H2,2H3,(H,20,21);1-2H3/b11-4+;. The van der Waals surface area contributed by atoms with Gasteiger partial charge in [0, 0.05) is 12.5 Å². The fraction of sp³-hybridized carbons (Fsp3) is 0.389. The quantitative estimate of drug-likeness (QED) is 0.424. The van der Waals surface area contributed by atoms with Gasteiger partial charge in [0.25, 0.3) is 0 Å². The van der Waals surface area contributed by atoms with Crippen LogP contribution in [0.25, 0.3) is 0 Å². The molecule has 0 radical (unpaired) electrons. The van der Waals surface area contributed by atoms with Crippen LogP contribution in [0.4, 0.5) is 13.2 Å². The van der Waals surface area contributed by atoms with Crippen LogP contribution in [0.2, 0.25) is 0 Å². The van der Waals surface area contributed by atoms with E-state index in [1.54, 1.807) is 12.2 Å². The molecule has 0 bridgehead atoms. The Labute approximate surface area is 141 Å². The van der Waals surface area contributed by atoms with Crippen LogP contribution in [0.15, 0.2) is 36.4 Å². The minimum Gasteiger partial charge on any atom is -0.273 e. The van der Waals surface area contributed by atoms with Crippen molar-refractivity contribution in [3.05, 3.63) is 59.5 Å². The number of aryl methyl sites for hydroxylation is 1. The predicted octanol–water partition coefficient (Wildman–Crippen LogP) is 4.63. The maximum Gasteiger partial charge on any atom is 0.243 e. The fourth-order valence-corrected chi connectivity index (χ4v) is 1.71. The van der Waals surface area contributed by atoms with Gasteiger partial charge in [-0.2, -0.15) is 0 Å². The molecule has 0 saturated carbocycles. The molecule has 3 nitrogen and oxygen atoms in total. The van der Waals surface area contributed by atoms with Crippen LogP contribution in [0.3, 0.4) is 0 Å². The highest BCUT2D eigenvalue weighted by Gasteiger charge is 2.10. The van der Waals surface area contributed by atoms with E-state index in [-0.39, 0.29) is 37.3 Å². The molecule has 134 valence electrons. The van der Waals surface area contributed by atoms with Gasteiger partial charge >= 0.3 is 0 Å². The molecule has 1 N–H and O–H groups in total. The van der Waals surface area contributed by atoms with Crippen molar-refractivity contribution in [1.82, 2.24) is 5.48 Å². The van der Waals surface area contributed by atoms with E-state index >= 15 is 0 Å². The first-order valence-electron chi connectivity index (χ1n) is 7.79. The Bertz CT molecular complexity index is 572. The molecule has 1 aromatic carbocycles. The molecule has 1 aromatic rings. The average molecular weight is 343 g/mol. The minimum atomic E-state index is -1.23. The van der Waals surface area contributed by atoms with Gasteiger partial charge in [0.05, 0.1) is 6.61 Å². The first-order chi connectivity index (χ1) is 11.5. The van der Waals surface area contributed by atoms with Crippen LogP contribution < -0.4 is 5.48 Å². The number of nitrogens with one attached hydrogen (secondary N) is 1. The monoisotopic (exact) mass is 343 g/mol. The minimum absolute atomic E-state index is 0.0375. The molecule has 0 aliphatic heterocycles. The third-order valence-electron chi connectivity index (χ3n) is 3.00. The van der Waals surface area contributed by atoms with Gasteiger partial charge in [-0.05, 0) is 37.0 Å². The van der Waals surface area contributed by atoms with Gasteiger partial charge < -0.3 is 0 Å². The van der Waals surface area contributed by atoms with Crippen LogP contribution in [0.5, 0.6) is 0 Å². The van der Waals surface area contributed by atoms with Crippen LogP contribution in [-0.4, -0.2) is 12.5 Å². The molecule has 0 unspecified atom stereocenters. The van der Waals surface area contributed by atoms with E-state index in [2.05, 4.69) is 12.1 Å². The van der Waals surface area contributed by atoms with Gasteiger partial charge in [0.2, 0.25) is 5.91 Å². The maximum atomic E-state index is 13.4. The average Bonchev–Trinajstić information content (AvgIpc) is 2.58. The van der Waals surface area contributed by atoms with E-state index in [0.29, 0.717) is 6.07 Å². The van der Waals surface area contributed by atoms with Crippen molar-refractivity contribution in [2.45, 2.75) is 40.0 Å². The molecule has 0 aliphatic rings. The second kappa shape index (κ2) is 12.4. The summed E-state index contributed by atoms with van der Waals surface area (Å²) in [5, 5.41) is 0. The fourth-order valence-electron chi connectivity index (χ4n) is 1.71. The number of benzene rings is 1. The zero-order chi connectivity index (χ0) is 18.5. The number of allylic oxidation sites excluding steroid dienone is 1. The van der Waals surface area contributed by atoms with Gasteiger partial charge in [-0.15, -0.1) is 0 Å². The summed E-state index contributed by atoms with van der Waals surface area (Å²) >= 11 is 0. The molecule has 0 aromatic heterocycles. The number of carbonyl (C=O) groups excluding carboxylic acids is 1. The number of carbonyl (C=O) groups is 1. The first-order valence-corrected chi connectivity index (χ1v) is 7.79. The Balaban J connectivity index is 0.00000254. The van der Waals surface area contributed by atoms with E-state index in [9.17, 15) is 18.0 Å². The third-order valence-corrected chi connectivity index (χ3v) is 3.00. The van der Waals surface area contributed by atoms with Crippen molar-refractivity contribution in [2.75, 3.05) is 6.61 Å². The van der Waals surface area contributed by atoms with Crippen LogP contribution in [0, 0.1) is 17.5 Å². The molecule has 0 saturated heterocycles.